The Labute approximate surface area is 98.9 Å². The van der Waals surface area contributed by atoms with Crippen LogP contribution in [0.5, 0.6) is 0 Å². The molecule has 2 unspecified atom stereocenters. The minimum atomic E-state index is -0.788. The molecule has 0 saturated heterocycles. The lowest BCUT2D eigenvalue weighted by molar-refractivity contribution is 0.257. The summed E-state index contributed by atoms with van der Waals surface area (Å²) in [5.74, 6) is 0.486. The van der Waals surface area contributed by atoms with Crippen LogP contribution in [0.25, 0.3) is 0 Å². The van der Waals surface area contributed by atoms with Gasteiger partial charge in [0.05, 0.1) is 5.56 Å². The van der Waals surface area contributed by atoms with Crippen molar-refractivity contribution < 1.29 is 4.39 Å². The molecule has 4 heteroatoms. The van der Waals surface area contributed by atoms with Gasteiger partial charge in [0.2, 0.25) is 0 Å². The maximum absolute atomic E-state index is 13.6. The fourth-order valence-corrected chi connectivity index (χ4v) is 3.60. The molecule has 1 heterocycles. The zero-order valence-corrected chi connectivity index (χ0v) is 10.3. The molecule has 2 rings (SSSR count). The zero-order valence-electron chi connectivity index (χ0n) is 9.46. The van der Waals surface area contributed by atoms with Gasteiger partial charge < -0.3 is 5.73 Å². The summed E-state index contributed by atoms with van der Waals surface area (Å²) in [4.78, 5) is 0.978. The van der Waals surface area contributed by atoms with Crippen molar-refractivity contribution in [3.63, 3.8) is 0 Å². The van der Waals surface area contributed by atoms with Crippen molar-refractivity contribution in [2.75, 3.05) is 5.73 Å². The summed E-state index contributed by atoms with van der Waals surface area (Å²) >= 11 is 1.38. The number of hydrogen-bond donors (Lipinski definition) is 1. The van der Waals surface area contributed by atoms with Gasteiger partial charge in [-0.05, 0) is 23.8 Å². The Kier molecular flexibility index (Phi) is 2.90. The van der Waals surface area contributed by atoms with Crippen molar-refractivity contribution in [1.82, 2.24) is 0 Å². The molecule has 2 nitrogen and oxygen atoms in total. The van der Waals surface area contributed by atoms with Crippen LogP contribution in [0.3, 0.4) is 0 Å². The highest BCUT2D eigenvalue weighted by atomic mass is 32.1. The molecule has 2 N–H and O–H groups in total. The van der Waals surface area contributed by atoms with Crippen LogP contribution in [-0.4, -0.2) is 6.17 Å². The van der Waals surface area contributed by atoms with Gasteiger partial charge in [-0.2, -0.15) is 5.26 Å². The lowest BCUT2D eigenvalue weighted by Crippen LogP contribution is -2.22. The number of nitrogens with two attached hydrogens (primary N) is 1. The highest BCUT2D eigenvalue weighted by molar-refractivity contribution is 7.16. The molecule has 0 saturated carbocycles. The molecule has 0 radical (unpaired) electrons. The Bertz CT molecular complexity index is 445. The van der Waals surface area contributed by atoms with Gasteiger partial charge in [0.1, 0.15) is 17.2 Å². The fourth-order valence-electron chi connectivity index (χ4n) is 2.45. The number of halogens is 1. The summed E-state index contributed by atoms with van der Waals surface area (Å²) in [6.07, 6.45) is 0.162. The quantitative estimate of drug-likeness (QED) is 0.816. The second-order valence-corrected chi connectivity index (χ2v) is 5.81. The number of nitrogen functional groups attached to an aromatic ring is 1. The van der Waals surface area contributed by atoms with E-state index in [2.05, 4.69) is 19.9 Å². The minimum Gasteiger partial charge on any atom is -0.389 e. The zero-order chi connectivity index (χ0) is 11.9. The minimum absolute atomic E-state index is 0.141. The van der Waals surface area contributed by atoms with Crippen LogP contribution in [0, 0.1) is 17.2 Å². The number of nitrogens with zero attached hydrogens (tertiary/aromatic N) is 1. The third-order valence-corrected chi connectivity index (χ3v) is 4.31. The maximum atomic E-state index is 13.6. The second-order valence-electron chi connectivity index (χ2n) is 4.68. The van der Waals surface area contributed by atoms with Crippen molar-refractivity contribution in [2.45, 2.75) is 38.8 Å². The number of hydrogen-bond acceptors (Lipinski definition) is 3. The van der Waals surface area contributed by atoms with Crippen LogP contribution in [0.2, 0.25) is 0 Å². The highest BCUT2D eigenvalue weighted by Crippen LogP contribution is 2.45. The monoisotopic (exact) mass is 238 g/mol. The van der Waals surface area contributed by atoms with E-state index in [-0.39, 0.29) is 5.92 Å². The van der Waals surface area contributed by atoms with Gasteiger partial charge in [0.25, 0.3) is 0 Å². The molecule has 0 bridgehead atoms. The molecular weight excluding hydrogens is 223 g/mol. The third kappa shape index (κ3) is 1.69. The van der Waals surface area contributed by atoms with Crippen LogP contribution in [0.4, 0.5) is 9.39 Å². The maximum Gasteiger partial charge on any atom is 0.106 e. The molecule has 1 aliphatic rings. The fraction of sp³-hybridized carbons (Fsp3) is 0.583. The van der Waals surface area contributed by atoms with Crippen LogP contribution in [-0.2, 0) is 6.42 Å². The molecular formula is C12H15FN2S. The third-order valence-electron chi connectivity index (χ3n) is 3.25. The van der Waals surface area contributed by atoms with Crippen molar-refractivity contribution >= 4 is 16.3 Å². The summed E-state index contributed by atoms with van der Waals surface area (Å²) in [6.45, 7) is 4.14. The molecule has 16 heavy (non-hydrogen) atoms. The second kappa shape index (κ2) is 4.06. The molecule has 86 valence electrons. The molecule has 1 aliphatic carbocycles. The Morgan fingerprint density at radius 2 is 2.25 bits per heavy atom. The first kappa shape index (κ1) is 11.4. The van der Waals surface area contributed by atoms with E-state index in [9.17, 15) is 4.39 Å². The normalized spacial score (nSPS) is 24.2. The Morgan fingerprint density at radius 3 is 2.81 bits per heavy atom. The van der Waals surface area contributed by atoms with Gasteiger partial charge in [0, 0.05) is 11.3 Å². The van der Waals surface area contributed by atoms with Crippen molar-refractivity contribution in [2.24, 2.45) is 5.92 Å². The van der Waals surface area contributed by atoms with E-state index in [1.165, 1.54) is 11.3 Å². The van der Waals surface area contributed by atoms with Crippen LogP contribution >= 0.6 is 11.3 Å². The first-order chi connectivity index (χ1) is 7.54. The van der Waals surface area contributed by atoms with Crippen molar-refractivity contribution in [3.8, 4) is 6.07 Å². The average Bonchev–Trinajstić information content (AvgIpc) is 2.51. The summed E-state index contributed by atoms with van der Waals surface area (Å²) in [5, 5.41) is 9.66. The molecule has 0 aliphatic heterocycles. The summed E-state index contributed by atoms with van der Waals surface area (Å²) < 4.78 is 13.6. The van der Waals surface area contributed by atoms with Crippen LogP contribution in [0.15, 0.2) is 0 Å². The SMILES string of the molecule is CC(C)C1CC(F)Cc2sc(N)c(C#N)c21. The number of thiophene rings is 1. The molecule has 0 aromatic carbocycles. The first-order valence-corrected chi connectivity index (χ1v) is 6.31. The number of nitriles is 1. The van der Waals surface area contributed by atoms with Crippen LogP contribution < -0.4 is 5.73 Å². The Balaban J connectivity index is 2.55. The van der Waals surface area contributed by atoms with Gasteiger partial charge in [-0.1, -0.05) is 13.8 Å². The molecule has 0 amide bonds. The van der Waals surface area contributed by atoms with Gasteiger partial charge in [0.15, 0.2) is 0 Å². The molecule has 1 aromatic heterocycles. The van der Waals surface area contributed by atoms with Crippen LogP contribution in [0.1, 0.15) is 42.2 Å². The number of alkyl halides is 1. The number of rotatable bonds is 1. The average molecular weight is 238 g/mol. The van der Waals surface area contributed by atoms with Gasteiger partial charge in [-0.3, -0.25) is 0 Å². The number of anilines is 1. The smallest absolute Gasteiger partial charge is 0.106 e. The Morgan fingerprint density at radius 1 is 1.56 bits per heavy atom. The lowest BCUT2D eigenvalue weighted by Gasteiger charge is -2.28. The topological polar surface area (TPSA) is 49.8 Å². The number of fused-ring (bicyclic) bond motifs is 1. The standard InChI is InChI=1S/C12H15FN2S/c1-6(2)8-3-7(13)4-10-11(8)9(5-14)12(15)16-10/h6-8H,3-4,15H2,1-2H3. The van der Waals surface area contributed by atoms with Crippen molar-refractivity contribution in [1.29, 1.82) is 5.26 Å². The van der Waals surface area contributed by atoms with E-state index in [1.54, 1.807) is 0 Å². The van der Waals surface area contributed by atoms with Crippen molar-refractivity contribution in [3.05, 3.63) is 16.0 Å². The molecule has 2 atom stereocenters. The van der Waals surface area contributed by atoms with E-state index in [0.717, 1.165) is 10.4 Å². The summed E-state index contributed by atoms with van der Waals surface area (Å²) in [5.41, 5.74) is 7.42. The summed E-state index contributed by atoms with van der Waals surface area (Å²) in [6, 6.07) is 2.17. The van der Waals surface area contributed by atoms with E-state index in [4.69, 9.17) is 11.0 Å². The van der Waals surface area contributed by atoms with E-state index < -0.39 is 6.17 Å². The highest BCUT2D eigenvalue weighted by Gasteiger charge is 2.33. The lowest BCUT2D eigenvalue weighted by atomic mass is 9.78. The predicted molar refractivity (Wildman–Crippen MR) is 64.2 cm³/mol. The van der Waals surface area contributed by atoms with E-state index in [1.807, 2.05) is 0 Å². The molecule has 0 fully saturated rings. The van der Waals surface area contributed by atoms with Gasteiger partial charge >= 0.3 is 0 Å². The summed E-state index contributed by atoms with van der Waals surface area (Å²) in [7, 11) is 0. The van der Waals surface area contributed by atoms with E-state index in [0.29, 0.717) is 29.3 Å². The van der Waals surface area contributed by atoms with Gasteiger partial charge in [-0.15, -0.1) is 11.3 Å². The molecule has 1 aromatic rings. The van der Waals surface area contributed by atoms with Gasteiger partial charge in [-0.25, -0.2) is 4.39 Å². The van der Waals surface area contributed by atoms with E-state index >= 15 is 0 Å². The first-order valence-electron chi connectivity index (χ1n) is 5.49. The largest absolute Gasteiger partial charge is 0.389 e. The Hall–Kier alpha value is -1.08. The predicted octanol–water partition coefficient (Wildman–Crippen LogP) is 3.23. The molecule has 0 spiro atoms.